The third-order valence-corrected chi connectivity index (χ3v) is 8.47. The Balaban J connectivity index is 1.78. The standard InChI is InChI=1S/C26H51N7O12/c1-26(41)9-42-25(18(39)21(26)31-2)45-20-13(33-23(40)16(37)14(35)6-27)5-12(29)19(17(20)38)44-24-11(28)4-3-10(43-24)7-32-22(30)15(36)8-34/h10-21,24-25,31,34-39,41H,3-9,27-29H2,1-2H3,(H2,30,32)(H,33,40)/t10-,11?,12-,13+,14-,15?,16-,17?,18?,19?,20?,21+,24+,25+,26?/m0/s1. The van der Waals surface area contributed by atoms with Crippen LogP contribution in [0.4, 0.5) is 0 Å². The molecule has 1 saturated carbocycles. The Morgan fingerprint density at radius 2 is 1.76 bits per heavy atom. The third kappa shape index (κ3) is 9.24. The van der Waals surface area contributed by atoms with Crippen LogP contribution >= 0.6 is 0 Å². The van der Waals surface area contributed by atoms with E-state index in [2.05, 4.69) is 16.0 Å². The van der Waals surface area contributed by atoms with Gasteiger partial charge >= 0.3 is 0 Å². The lowest BCUT2D eigenvalue weighted by Gasteiger charge is -2.49. The maximum Gasteiger partial charge on any atom is 0.251 e. The zero-order valence-corrected chi connectivity index (χ0v) is 25.4. The Morgan fingerprint density at radius 3 is 2.38 bits per heavy atom. The maximum absolute atomic E-state index is 12.8. The average Bonchev–Trinajstić information content (AvgIpc) is 3.00. The summed E-state index contributed by atoms with van der Waals surface area (Å²) in [5.41, 5.74) is 16.6. The van der Waals surface area contributed by atoms with Gasteiger partial charge < -0.3 is 87.8 Å². The molecule has 2 aliphatic heterocycles. The quantitative estimate of drug-likeness (QED) is 0.0648. The van der Waals surface area contributed by atoms with Gasteiger partial charge in [-0.3, -0.25) is 10.2 Å². The molecule has 0 aromatic rings. The van der Waals surface area contributed by atoms with Gasteiger partial charge in [0, 0.05) is 19.1 Å². The summed E-state index contributed by atoms with van der Waals surface area (Å²) in [5, 5.41) is 87.6. The first-order valence-electron chi connectivity index (χ1n) is 15.0. The van der Waals surface area contributed by atoms with Crippen LogP contribution in [0.25, 0.3) is 0 Å². The van der Waals surface area contributed by atoms with Crippen LogP contribution in [0.5, 0.6) is 0 Å². The fraction of sp³-hybridized carbons (Fsp3) is 0.923. The average molecular weight is 654 g/mol. The number of hydrogen-bond donors (Lipinski definition) is 14. The molecule has 19 heteroatoms. The number of amides is 1. The van der Waals surface area contributed by atoms with Crippen molar-refractivity contribution < 1.29 is 59.5 Å². The molecular weight excluding hydrogens is 602 g/mol. The van der Waals surface area contributed by atoms with Crippen LogP contribution in [-0.2, 0) is 23.7 Å². The molecule has 0 aromatic heterocycles. The van der Waals surface area contributed by atoms with E-state index in [0.717, 1.165) is 0 Å². The van der Waals surface area contributed by atoms with Gasteiger partial charge in [-0.2, -0.15) is 0 Å². The Bertz CT molecular complexity index is 969. The lowest BCUT2D eigenvalue weighted by atomic mass is 9.83. The van der Waals surface area contributed by atoms with Crippen LogP contribution in [-0.4, -0.2) is 172 Å². The molecule has 262 valence electrons. The molecule has 0 aromatic carbocycles. The Labute approximate surface area is 260 Å². The first-order chi connectivity index (χ1) is 21.1. The van der Waals surface area contributed by atoms with Crippen molar-refractivity contribution in [2.75, 3.05) is 33.4 Å². The topological polar surface area (TPSA) is 334 Å². The van der Waals surface area contributed by atoms with Crippen molar-refractivity contribution in [1.82, 2.24) is 16.0 Å². The SMILES string of the molecule is CN[C@@H]1C(O)[C@@H](OC2C(O)C(O[C@H]3O[C@H](CNC(=N)C(O)CO)CCC3N)[C@@H](N)C[C@H]2NC(=O)[C@@H](O)[C@@H](O)CN)OCC1(C)O. The molecule has 3 fully saturated rings. The number of carbonyl (C=O) groups excluding carboxylic acids is 1. The smallest absolute Gasteiger partial charge is 0.251 e. The van der Waals surface area contributed by atoms with E-state index in [1.54, 1.807) is 0 Å². The minimum absolute atomic E-state index is 0.0668. The molecule has 17 N–H and O–H groups in total. The number of aliphatic hydroxyl groups excluding tert-OH is 6. The van der Waals surface area contributed by atoms with Crippen molar-refractivity contribution in [3.8, 4) is 0 Å². The van der Waals surface area contributed by atoms with Crippen molar-refractivity contribution in [3.63, 3.8) is 0 Å². The molecule has 15 atom stereocenters. The molecule has 3 aliphatic rings. The number of rotatable bonds is 13. The van der Waals surface area contributed by atoms with Crippen molar-refractivity contribution in [3.05, 3.63) is 0 Å². The second kappa shape index (κ2) is 16.4. The van der Waals surface area contributed by atoms with Crippen molar-refractivity contribution in [1.29, 1.82) is 5.41 Å². The van der Waals surface area contributed by atoms with Gasteiger partial charge in [-0.1, -0.05) is 0 Å². The number of ether oxygens (including phenoxy) is 4. The van der Waals surface area contributed by atoms with Crippen molar-refractivity contribution >= 4 is 11.7 Å². The van der Waals surface area contributed by atoms with Crippen LogP contribution in [0.1, 0.15) is 26.2 Å². The molecule has 2 heterocycles. The summed E-state index contributed by atoms with van der Waals surface area (Å²) in [7, 11) is 1.53. The van der Waals surface area contributed by atoms with E-state index in [-0.39, 0.29) is 25.4 Å². The summed E-state index contributed by atoms with van der Waals surface area (Å²) in [4.78, 5) is 12.8. The summed E-state index contributed by atoms with van der Waals surface area (Å²) >= 11 is 0. The highest BCUT2D eigenvalue weighted by molar-refractivity contribution is 5.83. The zero-order valence-electron chi connectivity index (χ0n) is 25.4. The van der Waals surface area contributed by atoms with E-state index in [0.29, 0.717) is 12.8 Å². The van der Waals surface area contributed by atoms with Crippen LogP contribution in [0.2, 0.25) is 0 Å². The van der Waals surface area contributed by atoms with Gasteiger partial charge in [0.25, 0.3) is 5.91 Å². The molecule has 0 spiro atoms. The van der Waals surface area contributed by atoms with E-state index >= 15 is 0 Å². The van der Waals surface area contributed by atoms with E-state index in [4.69, 9.17) is 46.7 Å². The second-order valence-corrected chi connectivity index (χ2v) is 12.1. The number of nitrogens with two attached hydrogens (primary N) is 3. The highest BCUT2D eigenvalue weighted by Crippen LogP contribution is 2.32. The van der Waals surface area contributed by atoms with Gasteiger partial charge in [0.15, 0.2) is 18.7 Å². The summed E-state index contributed by atoms with van der Waals surface area (Å²) in [6.07, 6.45) is -12.5. The number of likely N-dealkylation sites (N-methyl/N-ethyl adjacent to an activating group) is 1. The van der Waals surface area contributed by atoms with E-state index in [1.807, 2.05) is 0 Å². The van der Waals surface area contributed by atoms with Crippen LogP contribution < -0.4 is 33.2 Å². The Morgan fingerprint density at radius 1 is 1.09 bits per heavy atom. The van der Waals surface area contributed by atoms with Crippen molar-refractivity contribution in [2.45, 2.75) is 117 Å². The molecular formula is C26H51N7O12. The van der Waals surface area contributed by atoms with Gasteiger partial charge in [-0.25, -0.2) is 0 Å². The fourth-order valence-corrected chi connectivity index (χ4v) is 5.77. The monoisotopic (exact) mass is 653 g/mol. The number of nitrogens with one attached hydrogen (secondary N) is 4. The van der Waals surface area contributed by atoms with Gasteiger partial charge in [0.2, 0.25) is 0 Å². The van der Waals surface area contributed by atoms with Gasteiger partial charge in [-0.05, 0) is 33.2 Å². The van der Waals surface area contributed by atoms with Gasteiger partial charge in [0.05, 0.1) is 37.4 Å². The number of carbonyl (C=O) groups is 1. The van der Waals surface area contributed by atoms with Gasteiger partial charge in [-0.15, -0.1) is 0 Å². The molecule has 2 saturated heterocycles. The Kier molecular flexibility index (Phi) is 13.8. The number of aliphatic hydroxyl groups is 7. The zero-order chi connectivity index (χ0) is 33.6. The first-order valence-corrected chi connectivity index (χ1v) is 15.0. The van der Waals surface area contributed by atoms with Crippen LogP contribution in [0, 0.1) is 5.41 Å². The van der Waals surface area contributed by atoms with Crippen LogP contribution in [0.3, 0.4) is 0 Å². The van der Waals surface area contributed by atoms with Gasteiger partial charge in [0.1, 0.15) is 48.1 Å². The molecule has 19 nitrogen and oxygen atoms in total. The highest BCUT2D eigenvalue weighted by atomic mass is 16.7. The molecule has 3 rings (SSSR count). The van der Waals surface area contributed by atoms with E-state index in [1.165, 1.54) is 14.0 Å². The molecule has 0 bridgehead atoms. The minimum Gasteiger partial charge on any atom is -0.393 e. The number of amidine groups is 1. The largest absolute Gasteiger partial charge is 0.393 e. The molecule has 0 radical (unpaired) electrons. The highest BCUT2D eigenvalue weighted by Gasteiger charge is 2.52. The lowest BCUT2D eigenvalue weighted by molar-refractivity contribution is -0.307. The molecule has 7 unspecified atom stereocenters. The lowest BCUT2D eigenvalue weighted by Crippen LogP contribution is -2.69. The fourth-order valence-electron chi connectivity index (χ4n) is 5.77. The Hall–Kier alpha value is -1.66. The summed E-state index contributed by atoms with van der Waals surface area (Å²) in [6, 6.07) is -3.53. The predicted octanol–water partition coefficient (Wildman–Crippen LogP) is -7.18. The summed E-state index contributed by atoms with van der Waals surface area (Å²) in [6.45, 7) is 0.305. The first kappa shape index (κ1) is 37.8. The summed E-state index contributed by atoms with van der Waals surface area (Å²) in [5.74, 6) is -1.29. The predicted molar refractivity (Wildman–Crippen MR) is 155 cm³/mol. The molecule has 45 heavy (non-hydrogen) atoms. The molecule has 1 aliphatic carbocycles. The molecule has 1 amide bonds. The minimum atomic E-state index is -1.89. The van der Waals surface area contributed by atoms with Crippen molar-refractivity contribution in [2.24, 2.45) is 17.2 Å². The second-order valence-electron chi connectivity index (χ2n) is 12.1. The maximum atomic E-state index is 12.8. The number of hydrogen-bond acceptors (Lipinski definition) is 17. The van der Waals surface area contributed by atoms with E-state index < -0.39 is 110 Å². The normalized spacial score (nSPS) is 41.1. The van der Waals surface area contributed by atoms with E-state index in [9.17, 15) is 35.4 Å². The summed E-state index contributed by atoms with van der Waals surface area (Å²) < 4.78 is 23.7. The van der Waals surface area contributed by atoms with Crippen LogP contribution in [0.15, 0.2) is 0 Å². The third-order valence-electron chi connectivity index (χ3n) is 8.47.